The van der Waals surface area contributed by atoms with Gasteiger partial charge in [0.05, 0.1) is 5.71 Å². The fraction of sp³-hybridized carbons (Fsp3) is 0.875. The number of nitrogens with zero attached hydrogens (tertiary/aromatic N) is 1. The van der Waals surface area contributed by atoms with Crippen LogP contribution in [0.3, 0.4) is 0 Å². The Morgan fingerprint density at radius 2 is 2.30 bits per heavy atom. The maximum Gasteiger partial charge on any atom is 0.0573 e. The molecule has 1 fully saturated rings. The highest BCUT2D eigenvalue weighted by molar-refractivity contribution is 5.84. The highest BCUT2D eigenvalue weighted by atomic mass is 16.4. The SMILES string of the molecule is C.C[C@@H]1CCC/C(=N\O)C1. The molecule has 2 nitrogen and oxygen atoms in total. The summed E-state index contributed by atoms with van der Waals surface area (Å²) >= 11 is 0. The van der Waals surface area contributed by atoms with Crippen LogP contribution in [0.5, 0.6) is 0 Å². The highest BCUT2D eigenvalue weighted by Gasteiger charge is 2.13. The summed E-state index contributed by atoms with van der Waals surface area (Å²) in [5.41, 5.74) is 0.980. The van der Waals surface area contributed by atoms with Crippen LogP contribution in [0.4, 0.5) is 0 Å². The molecule has 0 bridgehead atoms. The van der Waals surface area contributed by atoms with Crippen molar-refractivity contribution in [1.29, 1.82) is 0 Å². The van der Waals surface area contributed by atoms with Crippen LogP contribution in [-0.4, -0.2) is 10.9 Å². The van der Waals surface area contributed by atoms with Crippen molar-refractivity contribution in [2.24, 2.45) is 11.1 Å². The van der Waals surface area contributed by atoms with Crippen LogP contribution in [0.15, 0.2) is 5.16 Å². The van der Waals surface area contributed by atoms with Crippen LogP contribution < -0.4 is 0 Å². The first-order valence-electron chi connectivity index (χ1n) is 3.52. The minimum atomic E-state index is 0. The first kappa shape index (κ1) is 9.47. The molecule has 0 unspecified atom stereocenters. The molecule has 0 aromatic carbocycles. The zero-order chi connectivity index (χ0) is 6.69. The second kappa shape index (κ2) is 4.31. The first-order chi connectivity index (χ1) is 4.33. The van der Waals surface area contributed by atoms with E-state index in [1.54, 1.807) is 0 Å². The van der Waals surface area contributed by atoms with Gasteiger partial charge in [0.25, 0.3) is 0 Å². The van der Waals surface area contributed by atoms with Gasteiger partial charge in [-0.05, 0) is 31.6 Å². The molecule has 1 aliphatic rings. The molecule has 0 aliphatic heterocycles. The Morgan fingerprint density at radius 3 is 2.70 bits per heavy atom. The summed E-state index contributed by atoms with van der Waals surface area (Å²) in [7, 11) is 0. The summed E-state index contributed by atoms with van der Waals surface area (Å²) in [5.74, 6) is 0.727. The molecule has 0 saturated heterocycles. The molecule has 0 aromatic rings. The number of hydrogen-bond acceptors (Lipinski definition) is 2. The van der Waals surface area contributed by atoms with E-state index in [0.29, 0.717) is 0 Å². The van der Waals surface area contributed by atoms with Crippen molar-refractivity contribution >= 4 is 5.71 Å². The van der Waals surface area contributed by atoms with Gasteiger partial charge in [-0.15, -0.1) is 0 Å². The van der Waals surface area contributed by atoms with E-state index in [1.807, 2.05) is 0 Å². The van der Waals surface area contributed by atoms with Gasteiger partial charge in [-0.25, -0.2) is 0 Å². The molecule has 0 radical (unpaired) electrons. The third kappa shape index (κ3) is 2.38. The highest BCUT2D eigenvalue weighted by Crippen LogP contribution is 2.20. The Morgan fingerprint density at radius 1 is 1.60 bits per heavy atom. The normalized spacial score (nSPS) is 29.7. The maximum atomic E-state index is 8.40. The van der Waals surface area contributed by atoms with Gasteiger partial charge in [-0.1, -0.05) is 19.5 Å². The molecule has 1 N–H and O–H groups in total. The molecule has 60 valence electrons. The molecule has 1 saturated carbocycles. The molecule has 1 aliphatic carbocycles. The van der Waals surface area contributed by atoms with Crippen LogP contribution in [0.1, 0.15) is 40.0 Å². The van der Waals surface area contributed by atoms with Gasteiger partial charge in [0.2, 0.25) is 0 Å². The molecule has 10 heavy (non-hydrogen) atoms. The second-order valence-electron chi connectivity index (χ2n) is 2.87. The summed E-state index contributed by atoms with van der Waals surface area (Å²) in [6.45, 7) is 2.20. The van der Waals surface area contributed by atoms with Crippen LogP contribution in [0.25, 0.3) is 0 Å². The number of hydrogen-bond donors (Lipinski definition) is 1. The number of oxime groups is 1. The molecule has 1 atom stereocenters. The third-order valence-corrected chi connectivity index (χ3v) is 1.89. The van der Waals surface area contributed by atoms with Crippen LogP contribution in [-0.2, 0) is 0 Å². The zero-order valence-electron chi connectivity index (χ0n) is 5.80. The number of rotatable bonds is 0. The minimum Gasteiger partial charge on any atom is -0.411 e. The molecular weight excluding hydrogens is 126 g/mol. The molecule has 0 heterocycles. The Balaban J connectivity index is 0.000000810. The Kier molecular flexibility index (Phi) is 4.08. The quantitative estimate of drug-likeness (QED) is 0.410. The van der Waals surface area contributed by atoms with Crippen LogP contribution >= 0.6 is 0 Å². The molecule has 2 heteroatoms. The van der Waals surface area contributed by atoms with E-state index in [9.17, 15) is 0 Å². The van der Waals surface area contributed by atoms with Crippen molar-refractivity contribution < 1.29 is 5.21 Å². The Hall–Kier alpha value is -0.530. The second-order valence-corrected chi connectivity index (χ2v) is 2.87. The predicted molar refractivity (Wildman–Crippen MR) is 43.6 cm³/mol. The Bertz CT molecular complexity index is 120. The van der Waals surface area contributed by atoms with Crippen molar-refractivity contribution in [3.63, 3.8) is 0 Å². The standard InChI is InChI=1S/C7H13NO.CH4/c1-6-3-2-4-7(5-6)8-9;/h6,9H,2-5H2,1H3;1H4/b8-7+;/t6-;/m1./s1. The van der Waals surface area contributed by atoms with Crippen molar-refractivity contribution in [2.45, 2.75) is 40.0 Å². The summed E-state index contributed by atoms with van der Waals surface area (Å²) in [5, 5.41) is 11.6. The molecular formula is C8H17NO. The van der Waals surface area contributed by atoms with Gasteiger partial charge in [-0.2, -0.15) is 0 Å². The zero-order valence-corrected chi connectivity index (χ0v) is 5.80. The fourth-order valence-electron chi connectivity index (χ4n) is 1.35. The summed E-state index contributed by atoms with van der Waals surface area (Å²) in [6.07, 6.45) is 4.48. The van der Waals surface area contributed by atoms with Crippen LogP contribution in [0.2, 0.25) is 0 Å². The van der Waals surface area contributed by atoms with Crippen molar-refractivity contribution in [1.82, 2.24) is 0 Å². The van der Waals surface area contributed by atoms with E-state index in [0.717, 1.165) is 24.5 Å². The van der Waals surface area contributed by atoms with E-state index >= 15 is 0 Å². The first-order valence-corrected chi connectivity index (χ1v) is 3.52. The summed E-state index contributed by atoms with van der Waals surface area (Å²) in [6, 6.07) is 0. The van der Waals surface area contributed by atoms with E-state index in [1.165, 1.54) is 12.8 Å². The lowest BCUT2D eigenvalue weighted by Gasteiger charge is -2.17. The molecule has 0 aromatic heterocycles. The average Bonchev–Trinajstić information content (AvgIpc) is 1.88. The summed E-state index contributed by atoms with van der Waals surface area (Å²) in [4.78, 5) is 0. The minimum absolute atomic E-state index is 0. The third-order valence-electron chi connectivity index (χ3n) is 1.89. The maximum absolute atomic E-state index is 8.40. The monoisotopic (exact) mass is 143 g/mol. The van der Waals surface area contributed by atoms with Gasteiger partial charge in [0, 0.05) is 0 Å². The van der Waals surface area contributed by atoms with Crippen molar-refractivity contribution in [2.75, 3.05) is 0 Å². The van der Waals surface area contributed by atoms with Gasteiger partial charge in [0.1, 0.15) is 0 Å². The van der Waals surface area contributed by atoms with E-state index in [4.69, 9.17) is 5.21 Å². The lowest BCUT2D eigenvalue weighted by atomic mass is 9.89. The van der Waals surface area contributed by atoms with Crippen molar-refractivity contribution in [3.8, 4) is 0 Å². The predicted octanol–water partition coefficient (Wildman–Crippen LogP) is 2.66. The molecule has 1 rings (SSSR count). The fourth-order valence-corrected chi connectivity index (χ4v) is 1.35. The van der Waals surface area contributed by atoms with E-state index in [2.05, 4.69) is 12.1 Å². The van der Waals surface area contributed by atoms with Gasteiger partial charge in [0.15, 0.2) is 0 Å². The smallest absolute Gasteiger partial charge is 0.0573 e. The van der Waals surface area contributed by atoms with E-state index < -0.39 is 0 Å². The van der Waals surface area contributed by atoms with Crippen LogP contribution in [0, 0.1) is 5.92 Å². The van der Waals surface area contributed by atoms with Gasteiger partial charge >= 0.3 is 0 Å². The van der Waals surface area contributed by atoms with Gasteiger partial charge in [-0.3, -0.25) is 0 Å². The lowest BCUT2D eigenvalue weighted by molar-refractivity contribution is 0.311. The lowest BCUT2D eigenvalue weighted by Crippen LogP contribution is -2.12. The van der Waals surface area contributed by atoms with E-state index in [-0.39, 0.29) is 7.43 Å². The average molecular weight is 143 g/mol. The Labute approximate surface area is 62.9 Å². The molecule has 0 amide bonds. The summed E-state index contributed by atoms with van der Waals surface area (Å²) < 4.78 is 0. The largest absolute Gasteiger partial charge is 0.411 e. The topological polar surface area (TPSA) is 32.6 Å². The van der Waals surface area contributed by atoms with Crippen molar-refractivity contribution in [3.05, 3.63) is 0 Å². The molecule has 0 spiro atoms. The van der Waals surface area contributed by atoms with Gasteiger partial charge < -0.3 is 5.21 Å².